The molecule has 2 saturated heterocycles. The molecule has 16 heavy (non-hydrogen) atoms. The molecule has 6 heteroatoms. The molecule has 0 aliphatic carbocycles. The van der Waals surface area contributed by atoms with Gasteiger partial charge in [0.1, 0.15) is 0 Å². The van der Waals surface area contributed by atoms with Crippen LogP contribution in [0.25, 0.3) is 0 Å². The smallest absolute Gasteiger partial charge is 0.177 e. The van der Waals surface area contributed by atoms with Crippen molar-refractivity contribution in [3.63, 3.8) is 0 Å². The summed E-state index contributed by atoms with van der Waals surface area (Å²) in [5.74, 6) is 0.645. The summed E-state index contributed by atoms with van der Waals surface area (Å²) in [6, 6.07) is 0.945. The van der Waals surface area contributed by atoms with Gasteiger partial charge >= 0.3 is 0 Å². The molecule has 1 aromatic rings. The third-order valence-corrected chi connectivity index (χ3v) is 3.62. The van der Waals surface area contributed by atoms with Crippen LogP contribution in [0.2, 0.25) is 0 Å². The Morgan fingerprint density at radius 1 is 1.44 bits per heavy atom. The zero-order valence-electron chi connectivity index (χ0n) is 9.43. The first-order valence-electron chi connectivity index (χ1n) is 5.84. The Balaban J connectivity index is 1.74. The summed E-state index contributed by atoms with van der Waals surface area (Å²) < 4.78 is 0. The highest BCUT2D eigenvalue weighted by atomic mass is 16.3. The molecule has 88 valence electrons. The molecule has 2 aliphatic rings. The normalized spacial score (nSPS) is 37.9. The number of aliphatic hydroxyl groups is 1. The first kappa shape index (κ1) is 10.2. The van der Waals surface area contributed by atoms with Gasteiger partial charge < -0.3 is 10.4 Å². The standard InChI is InChI=1S/C10H17N5O/c1-15-13-9(12-14-15)6-10(16)4-7-2-3-8(5-10)11-7/h7-8,11,16H,2-6H2,1H3. The van der Waals surface area contributed by atoms with E-state index in [1.54, 1.807) is 7.05 Å². The van der Waals surface area contributed by atoms with Crippen molar-refractivity contribution in [2.24, 2.45) is 7.05 Å². The second-order valence-corrected chi connectivity index (χ2v) is 5.14. The Morgan fingerprint density at radius 3 is 2.69 bits per heavy atom. The van der Waals surface area contributed by atoms with Crippen LogP contribution >= 0.6 is 0 Å². The number of fused-ring (bicyclic) bond motifs is 2. The second kappa shape index (κ2) is 3.49. The maximum atomic E-state index is 10.6. The van der Waals surface area contributed by atoms with Crippen molar-refractivity contribution < 1.29 is 5.11 Å². The van der Waals surface area contributed by atoms with Gasteiger partial charge in [-0.25, -0.2) is 0 Å². The zero-order chi connectivity index (χ0) is 11.2. The van der Waals surface area contributed by atoms with Crippen LogP contribution in [0.3, 0.4) is 0 Å². The minimum absolute atomic E-state index is 0.473. The van der Waals surface area contributed by atoms with Crippen LogP contribution in [-0.2, 0) is 13.5 Å². The fraction of sp³-hybridized carbons (Fsp3) is 0.900. The molecular formula is C10H17N5O. The van der Waals surface area contributed by atoms with Crippen molar-refractivity contribution in [2.75, 3.05) is 0 Å². The van der Waals surface area contributed by atoms with E-state index in [1.807, 2.05) is 0 Å². The quantitative estimate of drug-likeness (QED) is 0.700. The zero-order valence-corrected chi connectivity index (χ0v) is 9.43. The van der Waals surface area contributed by atoms with Gasteiger partial charge in [0, 0.05) is 18.5 Å². The number of rotatable bonds is 2. The van der Waals surface area contributed by atoms with E-state index in [2.05, 4.69) is 20.7 Å². The van der Waals surface area contributed by atoms with Gasteiger partial charge in [-0.3, -0.25) is 0 Å². The van der Waals surface area contributed by atoms with Crippen molar-refractivity contribution in [1.82, 2.24) is 25.5 Å². The number of nitrogens with one attached hydrogen (secondary N) is 1. The summed E-state index contributed by atoms with van der Waals surface area (Å²) in [4.78, 5) is 1.44. The number of piperidine rings is 1. The summed E-state index contributed by atoms with van der Waals surface area (Å²) in [6.45, 7) is 0. The van der Waals surface area contributed by atoms with Gasteiger partial charge in [-0.05, 0) is 30.9 Å². The van der Waals surface area contributed by atoms with Crippen molar-refractivity contribution in [3.8, 4) is 0 Å². The van der Waals surface area contributed by atoms with Crippen molar-refractivity contribution >= 4 is 0 Å². The molecule has 3 heterocycles. The number of aryl methyl sites for hydroxylation is 1. The van der Waals surface area contributed by atoms with Crippen molar-refractivity contribution in [2.45, 2.75) is 49.8 Å². The van der Waals surface area contributed by atoms with Crippen LogP contribution in [0.1, 0.15) is 31.5 Å². The molecule has 2 aliphatic heterocycles. The molecule has 2 atom stereocenters. The van der Waals surface area contributed by atoms with E-state index < -0.39 is 5.60 Å². The molecule has 1 aromatic heterocycles. The third-order valence-electron chi connectivity index (χ3n) is 3.62. The van der Waals surface area contributed by atoms with Gasteiger partial charge in [0.15, 0.2) is 5.82 Å². The Hall–Kier alpha value is -1.01. The molecule has 2 bridgehead atoms. The van der Waals surface area contributed by atoms with Gasteiger partial charge in [-0.1, -0.05) is 0 Å². The Morgan fingerprint density at radius 2 is 2.12 bits per heavy atom. The first-order chi connectivity index (χ1) is 7.63. The predicted molar refractivity (Wildman–Crippen MR) is 56.6 cm³/mol. The fourth-order valence-corrected chi connectivity index (χ4v) is 3.06. The first-order valence-corrected chi connectivity index (χ1v) is 5.84. The van der Waals surface area contributed by atoms with Gasteiger partial charge in [-0.15, -0.1) is 10.2 Å². The molecule has 0 amide bonds. The van der Waals surface area contributed by atoms with Crippen LogP contribution in [0.4, 0.5) is 0 Å². The van der Waals surface area contributed by atoms with E-state index in [4.69, 9.17) is 0 Å². The van der Waals surface area contributed by atoms with Crippen molar-refractivity contribution in [3.05, 3.63) is 5.82 Å². The maximum Gasteiger partial charge on any atom is 0.177 e. The van der Waals surface area contributed by atoms with E-state index in [0.717, 1.165) is 12.8 Å². The maximum absolute atomic E-state index is 10.6. The van der Waals surface area contributed by atoms with E-state index in [0.29, 0.717) is 24.3 Å². The van der Waals surface area contributed by atoms with Crippen LogP contribution in [-0.4, -0.2) is 43.0 Å². The molecule has 0 radical (unpaired) electrons. The number of nitrogens with zero attached hydrogens (tertiary/aromatic N) is 4. The largest absolute Gasteiger partial charge is 0.389 e. The number of hydrogen-bond donors (Lipinski definition) is 2. The highest BCUT2D eigenvalue weighted by Crippen LogP contribution is 2.35. The predicted octanol–water partition coefficient (Wildman–Crippen LogP) is -0.602. The van der Waals surface area contributed by atoms with E-state index in [1.165, 1.54) is 17.6 Å². The summed E-state index contributed by atoms with van der Waals surface area (Å²) in [5, 5.41) is 25.9. The molecule has 6 nitrogen and oxygen atoms in total. The number of aromatic nitrogens is 4. The lowest BCUT2D eigenvalue weighted by Gasteiger charge is -2.36. The van der Waals surface area contributed by atoms with Crippen molar-refractivity contribution in [1.29, 1.82) is 0 Å². The van der Waals surface area contributed by atoms with Crippen LogP contribution in [0.5, 0.6) is 0 Å². The van der Waals surface area contributed by atoms with Gasteiger partial charge in [0.25, 0.3) is 0 Å². The second-order valence-electron chi connectivity index (χ2n) is 5.14. The molecular weight excluding hydrogens is 206 g/mol. The van der Waals surface area contributed by atoms with Crippen LogP contribution in [0.15, 0.2) is 0 Å². The summed E-state index contributed by atoms with van der Waals surface area (Å²) >= 11 is 0. The van der Waals surface area contributed by atoms with Gasteiger partial charge in [-0.2, -0.15) is 4.80 Å². The van der Waals surface area contributed by atoms with Gasteiger partial charge in [0.2, 0.25) is 0 Å². The third kappa shape index (κ3) is 1.82. The van der Waals surface area contributed by atoms with Crippen LogP contribution < -0.4 is 5.32 Å². The summed E-state index contributed by atoms with van der Waals surface area (Å²) in [5.41, 5.74) is -0.639. The molecule has 2 N–H and O–H groups in total. The van der Waals surface area contributed by atoms with Gasteiger partial charge in [0.05, 0.1) is 12.6 Å². The van der Waals surface area contributed by atoms with E-state index in [-0.39, 0.29) is 0 Å². The average Bonchev–Trinajstić information content (AvgIpc) is 2.73. The highest BCUT2D eigenvalue weighted by molar-refractivity contribution is 5.03. The monoisotopic (exact) mass is 223 g/mol. The van der Waals surface area contributed by atoms with E-state index in [9.17, 15) is 5.11 Å². The summed E-state index contributed by atoms with van der Waals surface area (Å²) in [6.07, 6.45) is 4.50. The minimum Gasteiger partial charge on any atom is -0.389 e. The lowest BCUT2D eigenvalue weighted by Crippen LogP contribution is -2.49. The Bertz CT molecular complexity index is 378. The number of tetrazole rings is 1. The Labute approximate surface area is 94.0 Å². The Kier molecular flexibility index (Phi) is 2.22. The number of hydrogen-bond acceptors (Lipinski definition) is 5. The topological polar surface area (TPSA) is 75.9 Å². The molecule has 2 fully saturated rings. The fourth-order valence-electron chi connectivity index (χ4n) is 3.06. The molecule has 0 aromatic carbocycles. The lowest BCUT2D eigenvalue weighted by atomic mass is 9.84. The SMILES string of the molecule is Cn1nnc(CC2(O)CC3CCC(C2)N3)n1. The van der Waals surface area contributed by atoms with Crippen LogP contribution in [0, 0.1) is 0 Å². The minimum atomic E-state index is -0.639. The molecule has 3 rings (SSSR count). The molecule has 0 saturated carbocycles. The van der Waals surface area contributed by atoms with E-state index >= 15 is 0 Å². The molecule has 0 spiro atoms. The summed E-state index contributed by atoms with van der Waals surface area (Å²) in [7, 11) is 1.74. The highest BCUT2D eigenvalue weighted by Gasteiger charge is 2.43. The molecule has 2 unspecified atom stereocenters. The lowest BCUT2D eigenvalue weighted by molar-refractivity contribution is -0.00774. The average molecular weight is 223 g/mol.